The summed E-state index contributed by atoms with van der Waals surface area (Å²) in [6, 6.07) is 5.90. The summed E-state index contributed by atoms with van der Waals surface area (Å²) >= 11 is 0. The maximum atomic E-state index is 11.7. The highest BCUT2D eigenvalue weighted by Gasteiger charge is 2.08. The first kappa shape index (κ1) is 16.5. The Bertz CT molecular complexity index is 430. The van der Waals surface area contributed by atoms with Gasteiger partial charge in [0.15, 0.2) is 0 Å². The van der Waals surface area contributed by atoms with Crippen LogP contribution in [-0.4, -0.2) is 24.2 Å². The zero-order chi connectivity index (χ0) is 15.0. The standard InChI is InChI=1S/C16H26N2O2/c1-12(2)16(20)18-14-8-7-13(3)15(11-14)17-9-5-4-6-10-19/h7-8,11-12,17,19H,4-6,9-10H2,1-3H3,(H,18,20). The normalized spacial score (nSPS) is 10.7. The fourth-order valence-corrected chi connectivity index (χ4v) is 1.81. The molecule has 0 radical (unpaired) electrons. The van der Waals surface area contributed by atoms with Crippen molar-refractivity contribution in [1.29, 1.82) is 0 Å². The molecular formula is C16H26N2O2. The average Bonchev–Trinajstić information content (AvgIpc) is 2.41. The van der Waals surface area contributed by atoms with Crippen molar-refractivity contribution in [2.45, 2.75) is 40.0 Å². The first-order valence-corrected chi connectivity index (χ1v) is 7.31. The molecule has 0 aliphatic carbocycles. The Labute approximate surface area is 121 Å². The maximum absolute atomic E-state index is 11.7. The third-order valence-corrected chi connectivity index (χ3v) is 3.18. The molecule has 0 aliphatic heterocycles. The number of benzene rings is 1. The van der Waals surface area contributed by atoms with Crippen molar-refractivity contribution in [3.8, 4) is 0 Å². The molecule has 0 unspecified atom stereocenters. The van der Waals surface area contributed by atoms with E-state index in [2.05, 4.69) is 10.6 Å². The molecule has 0 atom stereocenters. The number of anilines is 2. The smallest absolute Gasteiger partial charge is 0.226 e. The summed E-state index contributed by atoms with van der Waals surface area (Å²) < 4.78 is 0. The number of aryl methyl sites for hydroxylation is 1. The molecule has 3 N–H and O–H groups in total. The molecule has 1 aromatic rings. The van der Waals surface area contributed by atoms with Gasteiger partial charge in [-0.3, -0.25) is 4.79 Å². The highest BCUT2D eigenvalue weighted by Crippen LogP contribution is 2.21. The third kappa shape index (κ3) is 5.61. The number of amides is 1. The van der Waals surface area contributed by atoms with E-state index in [1.54, 1.807) is 0 Å². The van der Waals surface area contributed by atoms with Crippen LogP contribution in [0.15, 0.2) is 18.2 Å². The molecule has 1 rings (SSSR count). The van der Waals surface area contributed by atoms with Crippen molar-refractivity contribution in [1.82, 2.24) is 0 Å². The molecule has 0 heterocycles. The minimum absolute atomic E-state index is 0.0220. The van der Waals surface area contributed by atoms with Crippen LogP contribution < -0.4 is 10.6 Å². The van der Waals surface area contributed by atoms with Gasteiger partial charge in [0.05, 0.1) is 0 Å². The number of aliphatic hydroxyl groups is 1. The minimum Gasteiger partial charge on any atom is -0.396 e. The summed E-state index contributed by atoms with van der Waals surface area (Å²) in [5.74, 6) is 0.00828. The van der Waals surface area contributed by atoms with Gasteiger partial charge in [-0.2, -0.15) is 0 Å². The van der Waals surface area contributed by atoms with Gasteiger partial charge >= 0.3 is 0 Å². The van der Waals surface area contributed by atoms with Gasteiger partial charge in [0, 0.05) is 30.4 Å². The lowest BCUT2D eigenvalue weighted by Crippen LogP contribution is -2.17. The van der Waals surface area contributed by atoms with Crippen LogP contribution in [0.5, 0.6) is 0 Å². The molecule has 4 heteroatoms. The molecule has 20 heavy (non-hydrogen) atoms. The van der Waals surface area contributed by atoms with E-state index < -0.39 is 0 Å². The monoisotopic (exact) mass is 278 g/mol. The molecule has 0 saturated heterocycles. The van der Waals surface area contributed by atoms with Crippen LogP contribution >= 0.6 is 0 Å². The van der Waals surface area contributed by atoms with Gasteiger partial charge in [-0.15, -0.1) is 0 Å². The molecule has 0 aromatic heterocycles. The average molecular weight is 278 g/mol. The number of hydrogen-bond acceptors (Lipinski definition) is 3. The summed E-state index contributed by atoms with van der Waals surface area (Å²) in [6.45, 7) is 6.94. The van der Waals surface area contributed by atoms with Gasteiger partial charge in [-0.25, -0.2) is 0 Å². The topological polar surface area (TPSA) is 61.4 Å². The molecule has 0 fully saturated rings. The maximum Gasteiger partial charge on any atom is 0.226 e. The van der Waals surface area contributed by atoms with Crippen molar-refractivity contribution in [3.63, 3.8) is 0 Å². The van der Waals surface area contributed by atoms with Crippen LogP contribution in [0.3, 0.4) is 0 Å². The second kappa shape index (κ2) is 8.59. The number of carbonyl (C=O) groups is 1. The third-order valence-electron chi connectivity index (χ3n) is 3.18. The number of hydrogen-bond donors (Lipinski definition) is 3. The Morgan fingerprint density at radius 1 is 1.25 bits per heavy atom. The van der Waals surface area contributed by atoms with Gasteiger partial charge in [0.2, 0.25) is 5.91 Å². The van der Waals surface area contributed by atoms with Gasteiger partial charge in [0.25, 0.3) is 0 Å². The van der Waals surface area contributed by atoms with Gasteiger partial charge in [-0.1, -0.05) is 19.9 Å². The predicted molar refractivity (Wildman–Crippen MR) is 84.1 cm³/mol. The summed E-state index contributed by atoms with van der Waals surface area (Å²) in [4.78, 5) is 11.7. The Morgan fingerprint density at radius 3 is 2.65 bits per heavy atom. The van der Waals surface area contributed by atoms with Crippen LogP contribution in [0.25, 0.3) is 0 Å². The molecule has 0 saturated carbocycles. The number of nitrogens with one attached hydrogen (secondary N) is 2. The van der Waals surface area contributed by atoms with Gasteiger partial charge < -0.3 is 15.7 Å². The first-order valence-electron chi connectivity index (χ1n) is 7.31. The van der Waals surface area contributed by atoms with E-state index in [4.69, 9.17) is 5.11 Å². The molecule has 0 spiro atoms. The Balaban J connectivity index is 2.55. The van der Waals surface area contributed by atoms with Crippen molar-refractivity contribution in [3.05, 3.63) is 23.8 Å². The second-order valence-corrected chi connectivity index (χ2v) is 5.38. The fourth-order valence-electron chi connectivity index (χ4n) is 1.81. The lowest BCUT2D eigenvalue weighted by atomic mass is 10.1. The van der Waals surface area contributed by atoms with Crippen molar-refractivity contribution in [2.75, 3.05) is 23.8 Å². The lowest BCUT2D eigenvalue weighted by molar-refractivity contribution is -0.118. The number of carbonyl (C=O) groups excluding carboxylic acids is 1. The summed E-state index contributed by atoms with van der Waals surface area (Å²) in [7, 11) is 0. The van der Waals surface area contributed by atoms with E-state index in [1.807, 2.05) is 39.0 Å². The van der Waals surface area contributed by atoms with Crippen LogP contribution in [0.4, 0.5) is 11.4 Å². The highest BCUT2D eigenvalue weighted by atomic mass is 16.2. The largest absolute Gasteiger partial charge is 0.396 e. The van der Waals surface area contributed by atoms with Crippen LogP contribution in [0.1, 0.15) is 38.7 Å². The predicted octanol–water partition coefficient (Wildman–Crippen LogP) is 3.16. The number of aliphatic hydroxyl groups excluding tert-OH is 1. The SMILES string of the molecule is Cc1ccc(NC(=O)C(C)C)cc1NCCCCCO. The van der Waals surface area contributed by atoms with E-state index in [0.717, 1.165) is 42.7 Å². The first-order chi connectivity index (χ1) is 9.54. The summed E-state index contributed by atoms with van der Waals surface area (Å²) in [5, 5.41) is 15.0. The Hall–Kier alpha value is -1.55. The van der Waals surface area contributed by atoms with E-state index in [1.165, 1.54) is 0 Å². The number of rotatable bonds is 8. The molecule has 1 amide bonds. The molecule has 4 nitrogen and oxygen atoms in total. The van der Waals surface area contributed by atoms with Crippen LogP contribution in [0, 0.1) is 12.8 Å². The summed E-state index contributed by atoms with van der Waals surface area (Å²) in [6.07, 6.45) is 2.90. The minimum atomic E-state index is -0.0220. The molecule has 0 aliphatic rings. The van der Waals surface area contributed by atoms with E-state index in [9.17, 15) is 4.79 Å². The zero-order valence-corrected chi connectivity index (χ0v) is 12.7. The fraction of sp³-hybridized carbons (Fsp3) is 0.562. The second-order valence-electron chi connectivity index (χ2n) is 5.38. The highest BCUT2D eigenvalue weighted by molar-refractivity contribution is 5.92. The Kier molecular flexibility index (Phi) is 7.09. The quantitative estimate of drug-likeness (QED) is 0.640. The lowest BCUT2D eigenvalue weighted by Gasteiger charge is -2.13. The van der Waals surface area contributed by atoms with Crippen LogP contribution in [-0.2, 0) is 4.79 Å². The van der Waals surface area contributed by atoms with Crippen molar-refractivity contribution in [2.24, 2.45) is 5.92 Å². The molecular weight excluding hydrogens is 252 g/mol. The molecule has 1 aromatic carbocycles. The zero-order valence-electron chi connectivity index (χ0n) is 12.7. The summed E-state index contributed by atoms with van der Waals surface area (Å²) in [5.41, 5.74) is 3.04. The van der Waals surface area contributed by atoms with E-state index in [-0.39, 0.29) is 18.4 Å². The Morgan fingerprint density at radius 2 is 2.00 bits per heavy atom. The van der Waals surface area contributed by atoms with Gasteiger partial charge in [-0.05, 0) is 43.9 Å². The molecule has 0 bridgehead atoms. The van der Waals surface area contributed by atoms with Gasteiger partial charge in [0.1, 0.15) is 0 Å². The van der Waals surface area contributed by atoms with E-state index >= 15 is 0 Å². The molecule has 112 valence electrons. The van der Waals surface area contributed by atoms with E-state index in [0.29, 0.717) is 0 Å². The van der Waals surface area contributed by atoms with Crippen LogP contribution in [0.2, 0.25) is 0 Å². The van der Waals surface area contributed by atoms with Crippen molar-refractivity contribution < 1.29 is 9.90 Å². The van der Waals surface area contributed by atoms with Crippen molar-refractivity contribution >= 4 is 17.3 Å². The number of unbranched alkanes of at least 4 members (excludes halogenated alkanes) is 2.